The monoisotopic (exact) mass is 246 g/mol. The number of fused-ring (bicyclic) bond motifs is 1. The number of rotatable bonds is 4. The minimum atomic E-state index is -0.133. The van der Waals surface area contributed by atoms with Gasteiger partial charge in [0.15, 0.2) is 0 Å². The average Bonchev–Trinajstić information content (AvgIpc) is 2.64. The van der Waals surface area contributed by atoms with Crippen LogP contribution in [0, 0.1) is 18.8 Å². The summed E-state index contributed by atoms with van der Waals surface area (Å²) in [5.74, 6) is 0.445. The van der Waals surface area contributed by atoms with Gasteiger partial charge in [0.2, 0.25) is 0 Å². The van der Waals surface area contributed by atoms with Crippen LogP contribution in [-0.2, 0) is 0 Å². The quantitative estimate of drug-likeness (QED) is 0.776. The molecular weight excluding hydrogens is 224 g/mol. The van der Waals surface area contributed by atoms with Crippen LogP contribution in [0.5, 0.6) is 0 Å². The number of aryl methyl sites for hydroxylation is 1. The van der Waals surface area contributed by atoms with Gasteiger partial charge in [0.05, 0.1) is 0 Å². The van der Waals surface area contributed by atoms with Gasteiger partial charge in [0, 0.05) is 35.2 Å². The van der Waals surface area contributed by atoms with Gasteiger partial charge >= 0.3 is 0 Å². The van der Waals surface area contributed by atoms with E-state index in [1.54, 1.807) is 0 Å². The summed E-state index contributed by atoms with van der Waals surface area (Å²) in [6, 6.07) is 8.05. The van der Waals surface area contributed by atoms with Crippen LogP contribution < -0.4 is 5.73 Å². The lowest BCUT2D eigenvalue weighted by atomic mass is 9.84. The topological polar surface area (TPSA) is 62.0 Å². The van der Waals surface area contributed by atoms with Crippen LogP contribution in [0.2, 0.25) is 0 Å². The van der Waals surface area contributed by atoms with Gasteiger partial charge in [-0.25, -0.2) is 0 Å². The second kappa shape index (κ2) is 5.12. The third-order valence-corrected chi connectivity index (χ3v) is 3.81. The normalized spacial score (nSPS) is 15.2. The smallest absolute Gasteiger partial charge is 0.0479 e. The molecule has 0 radical (unpaired) electrons. The Balaban J connectivity index is 2.49. The number of hydrogen-bond acceptors (Lipinski definition) is 2. The van der Waals surface area contributed by atoms with Crippen LogP contribution in [-0.4, -0.2) is 16.7 Å². The Labute approximate surface area is 108 Å². The van der Waals surface area contributed by atoms with Gasteiger partial charge in [-0.15, -0.1) is 0 Å². The fourth-order valence-electron chi connectivity index (χ4n) is 2.68. The Bertz CT molecular complexity index is 530. The highest BCUT2D eigenvalue weighted by atomic mass is 16.3. The largest absolute Gasteiger partial charge is 0.396 e. The van der Waals surface area contributed by atoms with E-state index in [1.165, 1.54) is 5.39 Å². The Hall–Kier alpha value is -1.32. The number of para-hydroxylation sites is 1. The minimum absolute atomic E-state index is 0.0860. The van der Waals surface area contributed by atoms with E-state index in [2.05, 4.69) is 31.0 Å². The van der Waals surface area contributed by atoms with Crippen LogP contribution in [0.3, 0.4) is 0 Å². The van der Waals surface area contributed by atoms with Crippen LogP contribution >= 0.6 is 0 Å². The zero-order valence-corrected chi connectivity index (χ0v) is 11.3. The first-order valence-corrected chi connectivity index (χ1v) is 6.50. The van der Waals surface area contributed by atoms with E-state index >= 15 is 0 Å². The van der Waals surface area contributed by atoms with Gasteiger partial charge < -0.3 is 15.8 Å². The molecule has 0 aliphatic rings. The number of aromatic amines is 1. The van der Waals surface area contributed by atoms with E-state index in [-0.39, 0.29) is 18.6 Å². The Morgan fingerprint density at radius 2 is 1.94 bits per heavy atom. The van der Waals surface area contributed by atoms with Crippen LogP contribution in [0.25, 0.3) is 10.9 Å². The molecule has 2 rings (SSSR count). The molecule has 98 valence electrons. The van der Waals surface area contributed by atoms with Gasteiger partial charge in [-0.3, -0.25) is 0 Å². The molecule has 0 spiro atoms. The highest BCUT2D eigenvalue weighted by Crippen LogP contribution is 2.33. The van der Waals surface area contributed by atoms with Crippen LogP contribution in [0.4, 0.5) is 0 Å². The van der Waals surface area contributed by atoms with Crippen molar-refractivity contribution in [2.24, 2.45) is 17.6 Å². The lowest BCUT2D eigenvalue weighted by Gasteiger charge is -2.26. The van der Waals surface area contributed by atoms with Gasteiger partial charge in [-0.05, 0) is 24.5 Å². The fraction of sp³-hybridized carbons (Fsp3) is 0.467. The van der Waals surface area contributed by atoms with Crippen molar-refractivity contribution in [1.29, 1.82) is 0 Å². The maximum atomic E-state index is 9.54. The first kappa shape index (κ1) is 13.1. The molecule has 2 unspecified atom stereocenters. The molecule has 1 aromatic heterocycles. The zero-order chi connectivity index (χ0) is 13.3. The van der Waals surface area contributed by atoms with Gasteiger partial charge in [0.1, 0.15) is 0 Å². The summed E-state index contributed by atoms with van der Waals surface area (Å²) in [7, 11) is 0. The molecule has 18 heavy (non-hydrogen) atoms. The summed E-state index contributed by atoms with van der Waals surface area (Å²) < 4.78 is 0. The van der Waals surface area contributed by atoms with E-state index in [1.807, 2.05) is 19.1 Å². The summed E-state index contributed by atoms with van der Waals surface area (Å²) >= 11 is 0. The second-order valence-corrected chi connectivity index (χ2v) is 5.33. The average molecular weight is 246 g/mol. The maximum Gasteiger partial charge on any atom is 0.0479 e. The molecular formula is C15H22N2O. The maximum absolute atomic E-state index is 9.54. The van der Waals surface area contributed by atoms with Gasteiger partial charge in [0.25, 0.3) is 0 Å². The fourth-order valence-corrected chi connectivity index (χ4v) is 2.68. The first-order valence-electron chi connectivity index (χ1n) is 6.50. The third kappa shape index (κ3) is 2.16. The predicted octanol–water partition coefficient (Wildman–Crippen LogP) is 2.74. The molecule has 0 aliphatic carbocycles. The number of benzene rings is 1. The van der Waals surface area contributed by atoms with E-state index in [9.17, 15) is 5.11 Å². The molecule has 0 amide bonds. The molecule has 0 saturated carbocycles. The van der Waals surface area contributed by atoms with Crippen molar-refractivity contribution in [3.63, 3.8) is 0 Å². The van der Waals surface area contributed by atoms with Crippen molar-refractivity contribution in [3.05, 3.63) is 35.5 Å². The minimum Gasteiger partial charge on any atom is -0.396 e. The number of aliphatic hydroxyl groups is 1. The summed E-state index contributed by atoms with van der Waals surface area (Å²) in [6.07, 6.45) is 0. The van der Waals surface area contributed by atoms with E-state index in [0.29, 0.717) is 5.92 Å². The predicted molar refractivity (Wildman–Crippen MR) is 75.4 cm³/mol. The van der Waals surface area contributed by atoms with Crippen molar-refractivity contribution < 1.29 is 5.11 Å². The van der Waals surface area contributed by atoms with Crippen LogP contribution in [0.15, 0.2) is 24.3 Å². The number of aliphatic hydroxyl groups excluding tert-OH is 1. The van der Waals surface area contributed by atoms with Gasteiger partial charge in [-0.2, -0.15) is 0 Å². The SMILES string of the molecule is Cc1[nH]c2ccccc2c1C(N)C(CO)C(C)C. The molecule has 3 nitrogen and oxygen atoms in total. The molecule has 0 aliphatic heterocycles. The van der Waals surface area contributed by atoms with Gasteiger partial charge in [-0.1, -0.05) is 32.0 Å². The van der Waals surface area contributed by atoms with E-state index in [4.69, 9.17) is 5.73 Å². The molecule has 1 heterocycles. The zero-order valence-electron chi connectivity index (χ0n) is 11.3. The number of hydrogen-bond donors (Lipinski definition) is 3. The number of nitrogens with one attached hydrogen (secondary N) is 1. The highest BCUT2D eigenvalue weighted by Gasteiger charge is 2.25. The number of nitrogens with two attached hydrogens (primary N) is 1. The Kier molecular flexibility index (Phi) is 3.73. The lowest BCUT2D eigenvalue weighted by molar-refractivity contribution is 0.166. The number of aromatic nitrogens is 1. The molecule has 0 saturated heterocycles. The van der Waals surface area contributed by atoms with Crippen molar-refractivity contribution in [2.75, 3.05) is 6.61 Å². The summed E-state index contributed by atoms with van der Waals surface area (Å²) in [4.78, 5) is 3.36. The standard InChI is InChI=1S/C15H22N2O/c1-9(2)12(8-18)15(16)14-10(3)17-13-7-5-4-6-11(13)14/h4-7,9,12,15,17-18H,8,16H2,1-3H3. The van der Waals surface area contributed by atoms with E-state index < -0.39 is 0 Å². The molecule has 2 atom stereocenters. The molecule has 0 bridgehead atoms. The summed E-state index contributed by atoms with van der Waals surface area (Å²) in [6.45, 7) is 6.37. The molecule has 2 aromatic rings. The van der Waals surface area contributed by atoms with Crippen molar-refractivity contribution >= 4 is 10.9 Å². The lowest BCUT2D eigenvalue weighted by Crippen LogP contribution is -2.28. The number of H-pyrrole nitrogens is 1. The highest BCUT2D eigenvalue weighted by molar-refractivity contribution is 5.85. The molecule has 0 fully saturated rings. The van der Waals surface area contributed by atoms with Crippen molar-refractivity contribution in [1.82, 2.24) is 4.98 Å². The molecule has 4 N–H and O–H groups in total. The van der Waals surface area contributed by atoms with Crippen molar-refractivity contribution in [2.45, 2.75) is 26.8 Å². The molecule has 1 aromatic carbocycles. The van der Waals surface area contributed by atoms with Crippen LogP contribution in [0.1, 0.15) is 31.1 Å². The second-order valence-electron chi connectivity index (χ2n) is 5.33. The molecule has 3 heteroatoms. The first-order chi connectivity index (χ1) is 8.56. The van der Waals surface area contributed by atoms with Crippen molar-refractivity contribution in [3.8, 4) is 0 Å². The van der Waals surface area contributed by atoms with E-state index in [0.717, 1.165) is 16.8 Å². The third-order valence-electron chi connectivity index (χ3n) is 3.81. The summed E-state index contributed by atoms with van der Waals surface area (Å²) in [5.41, 5.74) is 9.73. The summed E-state index contributed by atoms with van der Waals surface area (Å²) in [5, 5.41) is 10.7. The Morgan fingerprint density at radius 3 is 2.56 bits per heavy atom. The Morgan fingerprint density at radius 1 is 1.28 bits per heavy atom.